The van der Waals surface area contributed by atoms with Crippen molar-refractivity contribution in [2.24, 2.45) is 0 Å². The third-order valence-electron chi connectivity index (χ3n) is 1.49. The number of hydrogen-bond donors (Lipinski definition) is 0. The zero-order valence-corrected chi connectivity index (χ0v) is 9.97. The first kappa shape index (κ1) is 8.12. The van der Waals surface area contributed by atoms with Gasteiger partial charge >= 0.3 is 70.0 Å². The molecule has 0 heterocycles. The summed E-state index contributed by atoms with van der Waals surface area (Å²) in [6, 6.07) is 10.8. The molecule has 1 rings (SSSR count). The summed E-state index contributed by atoms with van der Waals surface area (Å²) in [6.07, 6.45) is 0. The molecule has 0 aliphatic carbocycles. The van der Waals surface area contributed by atoms with Crippen LogP contribution in [0.3, 0.4) is 0 Å². The number of hydrogen-bond acceptors (Lipinski definition) is 0. The molecule has 0 aliphatic heterocycles. The Morgan fingerprint density at radius 1 is 1.10 bits per heavy atom. The third-order valence-corrected chi connectivity index (χ3v) is 5.16. The third kappa shape index (κ3) is 2.73. The van der Waals surface area contributed by atoms with Crippen LogP contribution in [0, 0.1) is 0 Å². The van der Waals surface area contributed by atoms with E-state index in [1.54, 1.807) is 0 Å². The summed E-state index contributed by atoms with van der Waals surface area (Å²) in [5.74, 6) is 0. The Hall–Kier alpha value is 0.0187. The molecule has 0 nitrogen and oxygen atoms in total. The van der Waals surface area contributed by atoms with E-state index in [0.29, 0.717) is 0 Å². The molecule has 0 aromatic heterocycles. The Morgan fingerprint density at radius 3 is 2.20 bits per heavy atom. The Bertz CT molecular complexity index is 179. The van der Waals surface area contributed by atoms with E-state index in [-0.39, 0.29) is 0 Å². The maximum absolute atomic E-state index is 2.45. The molecule has 0 saturated carbocycles. The van der Waals surface area contributed by atoms with E-state index in [1.807, 2.05) is 0 Å². The van der Waals surface area contributed by atoms with Gasteiger partial charge in [-0.05, 0) is 0 Å². The zero-order chi connectivity index (χ0) is 7.40. The Balaban J connectivity index is 2.59. The van der Waals surface area contributed by atoms with Gasteiger partial charge in [-0.3, -0.25) is 0 Å². The molecule has 1 heteroatoms. The van der Waals surface area contributed by atoms with Gasteiger partial charge in [-0.15, -0.1) is 0 Å². The molecule has 1 aromatic carbocycles. The van der Waals surface area contributed by atoms with Crippen molar-refractivity contribution in [1.29, 1.82) is 0 Å². The second kappa shape index (κ2) is 4.01. The van der Waals surface area contributed by atoms with Gasteiger partial charge in [-0.1, -0.05) is 0 Å². The molecule has 0 saturated heterocycles. The molecule has 10 heavy (non-hydrogen) atoms. The molecule has 0 aliphatic rings. The van der Waals surface area contributed by atoms with Crippen LogP contribution in [0.25, 0.3) is 0 Å². The van der Waals surface area contributed by atoms with Gasteiger partial charge in [0, 0.05) is 0 Å². The van der Waals surface area contributed by atoms with Gasteiger partial charge in [0.25, 0.3) is 0 Å². The molecule has 0 unspecified atom stereocenters. The van der Waals surface area contributed by atoms with E-state index in [1.165, 1.54) is 10.0 Å². The summed E-state index contributed by atoms with van der Waals surface area (Å²) in [4.78, 5) is 4.91. The summed E-state index contributed by atoms with van der Waals surface area (Å²) < 4.78 is 1.41. The molecule has 0 radical (unpaired) electrons. The number of benzene rings is 1. The van der Waals surface area contributed by atoms with Crippen LogP contribution in [0.1, 0.15) is 5.56 Å². The van der Waals surface area contributed by atoms with Crippen LogP contribution < -0.4 is 0 Å². The van der Waals surface area contributed by atoms with Gasteiger partial charge in [-0.25, -0.2) is 0 Å². The second-order valence-electron chi connectivity index (χ2n) is 3.08. The predicted molar refractivity (Wildman–Crippen MR) is 49.0 cm³/mol. The van der Waals surface area contributed by atoms with Gasteiger partial charge < -0.3 is 0 Å². The van der Waals surface area contributed by atoms with Gasteiger partial charge in [0.05, 0.1) is 0 Å². The van der Waals surface area contributed by atoms with Crippen molar-refractivity contribution in [2.75, 3.05) is 0 Å². The molecular formula is C9H14Sn. The fraction of sp³-hybridized carbons (Fsp3) is 0.333. The van der Waals surface area contributed by atoms with Crippen molar-refractivity contribution in [3.8, 4) is 0 Å². The minimum absolute atomic E-state index is 0.993. The predicted octanol–water partition coefficient (Wildman–Crippen LogP) is 2.25. The first-order valence-corrected chi connectivity index (χ1v) is 12.7. The van der Waals surface area contributed by atoms with Gasteiger partial charge in [0.2, 0.25) is 0 Å². The van der Waals surface area contributed by atoms with Crippen LogP contribution in [0.2, 0.25) is 9.88 Å². The molecule has 0 amide bonds. The zero-order valence-electron chi connectivity index (χ0n) is 6.67. The van der Waals surface area contributed by atoms with Crippen LogP contribution in [-0.2, 0) is 4.44 Å². The minimum atomic E-state index is -0.993. The first-order chi connectivity index (χ1) is 4.79. The average molecular weight is 241 g/mol. The first-order valence-electron chi connectivity index (χ1n) is 3.83. The van der Waals surface area contributed by atoms with Crippen molar-refractivity contribution >= 4 is 19.8 Å². The Morgan fingerprint density at radius 2 is 1.70 bits per heavy atom. The van der Waals surface area contributed by atoms with E-state index in [2.05, 4.69) is 40.2 Å². The average Bonchev–Trinajstić information content (AvgIpc) is 1.88. The summed E-state index contributed by atoms with van der Waals surface area (Å²) in [7, 11) is 0. The summed E-state index contributed by atoms with van der Waals surface area (Å²) >= 11 is -0.993. The summed E-state index contributed by atoms with van der Waals surface area (Å²) in [5.41, 5.74) is 1.54. The molecule has 0 N–H and O–H groups in total. The van der Waals surface area contributed by atoms with Crippen molar-refractivity contribution < 1.29 is 0 Å². The van der Waals surface area contributed by atoms with Gasteiger partial charge in [-0.2, -0.15) is 0 Å². The second-order valence-corrected chi connectivity index (χ2v) is 12.2. The Kier molecular flexibility index (Phi) is 3.26. The van der Waals surface area contributed by atoms with E-state index in [0.717, 1.165) is 0 Å². The molecule has 0 bridgehead atoms. The number of rotatable bonds is 2. The molecule has 0 spiro atoms. The maximum atomic E-state index is 2.45. The van der Waals surface area contributed by atoms with E-state index in [4.69, 9.17) is 0 Å². The van der Waals surface area contributed by atoms with Crippen molar-refractivity contribution in [3.63, 3.8) is 0 Å². The van der Waals surface area contributed by atoms with Crippen LogP contribution in [-0.4, -0.2) is 19.8 Å². The standard InChI is InChI=1S/C7H7.2CH3.Sn.H/c1-7-5-3-2-4-6-7;;;;/h2-6H,1H2;2*1H3;;. The van der Waals surface area contributed by atoms with Crippen molar-refractivity contribution in [2.45, 2.75) is 14.3 Å². The van der Waals surface area contributed by atoms with Crippen LogP contribution in [0.4, 0.5) is 0 Å². The van der Waals surface area contributed by atoms with E-state index < -0.39 is 19.8 Å². The van der Waals surface area contributed by atoms with E-state index >= 15 is 0 Å². The van der Waals surface area contributed by atoms with Crippen LogP contribution in [0.15, 0.2) is 30.3 Å². The van der Waals surface area contributed by atoms with Gasteiger partial charge in [0.15, 0.2) is 0 Å². The fourth-order valence-corrected chi connectivity index (χ4v) is 4.55. The van der Waals surface area contributed by atoms with Crippen LogP contribution >= 0.6 is 0 Å². The summed E-state index contributed by atoms with van der Waals surface area (Å²) in [5, 5.41) is 0. The fourth-order valence-electron chi connectivity index (χ4n) is 1.09. The quantitative estimate of drug-likeness (QED) is 0.696. The monoisotopic (exact) mass is 242 g/mol. The SMILES string of the molecule is [CH3][SnH]([CH3])[CH2]c1ccccc1. The van der Waals surface area contributed by atoms with E-state index in [9.17, 15) is 0 Å². The molecule has 1 aromatic rings. The molecule has 54 valence electrons. The Labute approximate surface area is 70.0 Å². The molecule has 0 fully saturated rings. The molecule has 0 atom stereocenters. The summed E-state index contributed by atoms with van der Waals surface area (Å²) in [6.45, 7) is 0. The topological polar surface area (TPSA) is 0 Å². The molecular weight excluding hydrogens is 227 g/mol. The van der Waals surface area contributed by atoms with Crippen molar-refractivity contribution in [3.05, 3.63) is 35.9 Å². The van der Waals surface area contributed by atoms with Crippen LogP contribution in [0.5, 0.6) is 0 Å². The van der Waals surface area contributed by atoms with Gasteiger partial charge in [0.1, 0.15) is 0 Å². The van der Waals surface area contributed by atoms with Crippen molar-refractivity contribution in [1.82, 2.24) is 0 Å². The normalized spacial score (nSPS) is 10.3.